The van der Waals surface area contributed by atoms with Crippen LogP contribution in [0.2, 0.25) is 0 Å². The molecule has 0 aromatic heterocycles. The average Bonchev–Trinajstić information content (AvgIpc) is 2.17. The Morgan fingerprint density at radius 1 is 1.29 bits per heavy atom. The van der Waals surface area contributed by atoms with Gasteiger partial charge in [0, 0.05) is 0 Å². The fourth-order valence-corrected chi connectivity index (χ4v) is 1.95. The van der Waals surface area contributed by atoms with E-state index in [2.05, 4.69) is 4.74 Å². The normalized spacial score (nSPS) is 9.50. The molecule has 0 bridgehead atoms. The number of carbonyl (C=O) groups is 2. The van der Waals surface area contributed by atoms with Gasteiger partial charge in [0.05, 0.1) is 0 Å². The molecule has 74 valence electrons. The third-order valence-electron chi connectivity index (χ3n) is 1.49. The minimum absolute atomic E-state index is 0.330. The van der Waals surface area contributed by atoms with Crippen LogP contribution in [-0.2, 0) is 4.74 Å². The zero-order valence-electron chi connectivity index (χ0n) is 7.52. The zero-order valence-corrected chi connectivity index (χ0v) is 9.23. The minimum atomic E-state index is -0.386. The van der Waals surface area contributed by atoms with Crippen molar-refractivity contribution in [3.63, 3.8) is 0 Å². The standard InChI is InChI=1S/C9H9NO3Se/c1-13-8(11)6-2-4-7(5-3-6)14-9(10)12/h2-5H,1H3,(H2,10,12). The van der Waals surface area contributed by atoms with Crippen molar-refractivity contribution in [3.8, 4) is 0 Å². The Morgan fingerprint density at radius 2 is 1.86 bits per heavy atom. The summed E-state index contributed by atoms with van der Waals surface area (Å²) in [6.07, 6.45) is 0. The molecular weight excluding hydrogens is 249 g/mol. The Kier molecular flexibility index (Phi) is 3.68. The zero-order chi connectivity index (χ0) is 10.6. The number of primary amides is 1. The SMILES string of the molecule is COC(=O)c1ccc([Se]C(N)=O)cc1. The van der Waals surface area contributed by atoms with Gasteiger partial charge in [-0.2, -0.15) is 0 Å². The summed E-state index contributed by atoms with van der Waals surface area (Å²) in [5.74, 6) is -0.386. The Balaban J connectivity index is 2.78. The van der Waals surface area contributed by atoms with Crippen molar-refractivity contribution < 1.29 is 14.3 Å². The van der Waals surface area contributed by atoms with E-state index in [1.807, 2.05) is 0 Å². The number of carbonyl (C=O) groups excluding carboxylic acids is 2. The second-order valence-electron chi connectivity index (χ2n) is 2.44. The summed E-state index contributed by atoms with van der Waals surface area (Å²) >= 11 is -0.366. The monoisotopic (exact) mass is 259 g/mol. The van der Waals surface area contributed by atoms with Crippen LogP contribution in [-0.4, -0.2) is 32.8 Å². The van der Waals surface area contributed by atoms with Gasteiger partial charge < -0.3 is 0 Å². The molecule has 0 spiro atoms. The quantitative estimate of drug-likeness (QED) is 0.607. The van der Waals surface area contributed by atoms with Crippen LogP contribution in [0.5, 0.6) is 0 Å². The van der Waals surface area contributed by atoms with Gasteiger partial charge in [-0.25, -0.2) is 0 Å². The molecular formula is C9H9NO3Se. The fraction of sp³-hybridized carbons (Fsp3) is 0.111. The van der Waals surface area contributed by atoms with Crippen molar-refractivity contribution in [2.24, 2.45) is 5.73 Å². The number of methoxy groups -OCH3 is 1. The van der Waals surface area contributed by atoms with Gasteiger partial charge >= 0.3 is 87.2 Å². The summed E-state index contributed by atoms with van der Waals surface area (Å²) in [4.78, 5) is 21.3. The van der Waals surface area contributed by atoms with Crippen LogP contribution in [0.1, 0.15) is 10.4 Å². The van der Waals surface area contributed by atoms with Gasteiger partial charge in [-0.05, 0) is 0 Å². The van der Waals surface area contributed by atoms with Crippen molar-refractivity contribution in [1.82, 2.24) is 0 Å². The van der Waals surface area contributed by atoms with E-state index in [1.165, 1.54) is 7.11 Å². The van der Waals surface area contributed by atoms with Crippen LogP contribution in [0.3, 0.4) is 0 Å². The molecule has 0 radical (unpaired) electrons. The first-order valence-electron chi connectivity index (χ1n) is 3.79. The molecule has 0 atom stereocenters. The van der Waals surface area contributed by atoms with Gasteiger partial charge in [0.2, 0.25) is 0 Å². The van der Waals surface area contributed by atoms with E-state index in [1.54, 1.807) is 24.3 Å². The van der Waals surface area contributed by atoms with Crippen molar-refractivity contribution >= 4 is 30.2 Å². The predicted molar refractivity (Wildman–Crippen MR) is 52.8 cm³/mol. The number of hydrogen-bond acceptors (Lipinski definition) is 3. The fourth-order valence-electron chi connectivity index (χ4n) is 0.893. The van der Waals surface area contributed by atoms with Crippen molar-refractivity contribution in [2.75, 3.05) is 7.11 Å². The summed E-state index contributed by atoms with van der Waals surface area (Å²) in [6, 6.07) is 6.64. The summed E-state index contributed by atoms with van der Waals surface area (Å²) in [6.45, 7) is 0. The van der Waals surface area contributed by atoms with Gasteiger partial charge in [-0.15, -0.1) is 0 Å². The van der Waals surface area contributed by atoms with E-state index in [4.69, 9.17) is 5.73 Å². The van der Waals surface area contributed by atoms with Crippen molar-refractivity contribution in [1.29, 1.82) is 0 Å². The Hall–Kier alpha value is -1.32. The van der Waals surface area contributed by atoms with E-state index in [-0.39, 0.29) is 25.7 Å². The molecule has 2 N–H and O–H groups in total. The molecule has 1 rings (SSSR count). The van der Waals surface area contributed by atoms with Crippen LogP contribution >= 0.6 is 0 Å². The van der Waals surface area contributed by atoms with Crippen molar-refractivity contribution in [3.05, 3.63) is 29.8 Å². The van der Waals surface area contributed by atoms with Gasteiger partial charge in [0.15, 0.2) is 0 Å². The molecule has 0 unspecified atom stereocenters. The maximum absolute atomic E-state index is 11.0. The molecule has 4 nitrogen and oxygen atoms in total. The van der Waals surface area contributed by atoms with Crippen molar-refractivity contribution in [2.45, 2.75) is 0 Å². The third-order valence-corrected chi connectivity index (χ3v) is 2.98. The third kappa shape index (κ3) is 2.87. The number of hydrogen-bond donors (Lipinski definition) is 1. The molecule has 0 aliphatic heterocycles. The van der Waals surface area contributed by atoms with Crippen LogP contribution in [0.15, 0.2) is 24.3 Å². The van der Waals surface area contributed by atoms with E-state index in [9.17, 15) is 9.59 Å². The average molecular weight is 258 g/mol. The summed E-state index contributed by atoms with van der Waals surface area (Å²) in [5, 5.41) is 0. The second kappa shape index (κ2) is 4.79. The van der Waals surface area contributed by atoms with Gasteiger partial charge in [0.1, 0.15) is 0 Å². The molecule has 5 heteroatoms. The van der Waals surface area contributed by atoms with Gasteiger partial charge in [-0.1, -0.05) is 0 Å². The van der Waals surface area contributed by atoms with E-state index < -0.39 is 0 Å². The molecule has 0 saturated heterocycles. The second-order valence-corrected chi connectivity index (χ2v) is 4.70. The number of nitrogens with two attached hydrogens (primary N) is 1. The first-order valence-corrected chi connectivity index (χ1v) is 5.50. The first-order chi connectivity index (χ1) is 6.63. The van der Waals surface area contributed by atoms with Gasteiger partial charge in [-0.3, -0.25) is 0 Å². The number of benzene rings is 1. The van der Waals surface area contributed by atoms with Gasteiger partial charge in [0.25, 0.3) is 0 Å². The number of ether oxygens (including phenoxy) is 1. The predicted octanol–water partition coefficient (Wildman–Crippen LogP) is -0.119. The summed E-state index contributed by atoms with van der Waals surface area (Å²) < 4.78 is 5.38. The molecule has 1 amide bonds. The summed E-state index contributed by atoms with van der Waals surface area (Å²) in [5.41, 5.74) is 5.51. The van der Waals surface area contributed by atoms with E-state index in [0.717, 1.165) is 4.46 Å². The Labute approximate surface area is 87.6 Å². The number of amides is 1. The molecule has 0 aliphatic rings. The van der Waals surface area contributed by atoms with Crippen LogP contribution in [0.4, 0.5) is 4.79 Å². The van der Waals surface area contributed by atoms with Crippen LogP contribution < -0.4 is 10.2 Å². The molecule has 1 aromatic rings. The molecule has 1 aromatic carbocycles. The molecule has 0 heterocycles. The first kappa shape index (κ1) is 10.8. The molecule has 14 heavy (non-hydrogen) atoms. The van der Waals surface area contributed by atoms with E-state index in [0.29, 0.717) is 5.56 Å². The number of rotatable bonds is 3. The van der Waals surface area contributed by atoms with Crippen LogP contribution in [0, 0.1) is 0 Å². The molecule has 0 saturated carbocycles. The van der Waals surface area contributed by atoms with E-state index >= 15 is 0 Å². The topological polar surface area (TPSA) is 69.4 Å². The Bertz CT molecular complexity index is 348. The Morgan fingerprint density at radius 3 is 2.29 bits per heavy atom. The molecule has 0 aliphatic carbocycles. The number of esters is 1. The van der Waals surface area contributed by atoms with Crippen LogP contribution in [0.25, 0.3) is 0 Å². The maximum atomic E-state index is 11.0. The molecule has 0 fully saturated rings. The summed E-state index contributed by atoms with van der Waals surface area (Å²) in [7, 11) is 1.32.